The Hall–Kier alpha value is -1.03. The van der Waals surface area contributed by atoms with E-state index >= 15 is 0 Å². The van der Waals surface area contributed by atoms with Crippen LogP contribution in [0.3, 0.4) is 0 Å². The van der Waals surface area contributed by atoms with Crippen LogP contribution in [-0.4, -0.2) is 30.0 Å². The van der Waals surface area contributed by atoms with Crippen LogP contribution in [0.4, 0.5) is 0 Å². The number of ether oxygens (including phenoxy) is 1. The molecule has 1 aromatic heterocycles. The number of aryl methyl sites for hydroxylation is 2. The van der Waals surface area contributed by atoms with Gasteiger partial charge in [-0.1, -0.05) is 0 Å². The van der Waals surface area contributed by atoms with E-state index in [2.05, 4.69) is 10.4 Å². The fourth-order valence-electron chi connectivity index (χ4n) is 0.980. The monoisotopic (exact) mass is 169 g/mol. The van der Waals surface area contributed by atoms with Crippen LogP contribution in [0.2, 0.25) is 0 Å². The molecule has 68 valence electrons. The number of hydrogen-bond acceptors (Lipinski definition) is 3. The molecule has 1 heterocycles. The zero-order chi connectivity index (χ0) is 8.97. The molecule has 0 atom stereocenters. The van der Waals surface area contributed by atoms with Crippen LogP contribution in [0, 0.1) is 6.92 Å². The summed E-state index contributed by atoms with van der Waals surface area (Å²) in [5.41, 5.74) is 0.983. The van der Waals surface area contributed by atoms with E-state index in [-0.39, 0.29) is 0 Å². The van der Waals surface area contributed by atoms with Gasteiger partial charge in [0.1, 0.15) is 6.61 Å². The quantitative estimate of drug-likeness (QED) is 0.660. The highest BCUT2D eigenvalue weighted by molar-refractivity contribution is 5.14. The Morgan fingerprint density at radius 2 is 2.42 bits per heavy atom. The maximum absolute atomic E-state index is 5.44. The van der Waals surface area contributed by atoms with Gasteiger partial charge in [-0.2, -0.15) is 5.10 Å². The van der Waals surface area contributed by atoms with E-state index in [9.17, 15) is 0 Å². The second kappa shape index (κ2) is 4.11. The van der Waals surface area contributed by atoms with E-state index in [4.69, 9.17) is 4.74 Å². The van der Waals surface area contributed by atoms with Crippen LogP contribution >= 0.6 is 0 Å². The standard InChI is InChI=1S/C8H15N3O/c1-7-6-8(11(3)10-7)12-5-4-9-2/h6,9H,4-5H2,1-3H3. The van der Waals surface area contributed by atoms with E-state index in [0.29, 0.717) is 6.61 Å². The molecule has 0 aliphatic heterocycles. The minimum absolute atomic E-state index is 0.676. The van der Waals surface area contributed by atoms with Crippen LogP contribution in [-0.2, 0) is 7.05 Å². The minimum Gasteiger partial charge on any atom is -0.476 e. The number of hydrogen-bond donors (Lipinski definition) is 1. The summed E-state index contributed by atoms with van der Waals surface area (Å²) < 4.78 is 7.18. The van der Waals surface area contributed by atoms with Crippen molar-refractivity contribution < 1.29 is 4.74 Å². The fraction of sp³-hybridized carbons (Fsp3) is 0.625. The van der Waals surface area contributed by atoms with E-state index < -0.39 is 0 Å². The first-order chi connectivity index (χ1) is 5.74. The first-order valence-corrected chi connectivity index (χ1v) is 4.02. The number of likely N-dealkylation sites (N-methyl/N-ethyl adjacent to an activating group) is 1. The Labute approximate surface area is 72.5 Å². The molecule has 0 unspecified atom stereocenters. The second-order valence-corrected chi connectivity index (χ2v) is 2.70. The fourth-order valence-corrected chi connectivity index (χ4v) is 0.980. The van der Waals surface area contributed by atoms with Gasteiger partial charge in [0.15, 0.2) is 0 Å². The summed E-state index contributed by atoms with van der Waals surface area (Å²) in [4.78, 5) is 0. The Balaban J connectivity index is 2.45. The molecule has 12 heavy (non-hydrogen) atoms. The van der Waals surface area contributed by atoms with Crippen molar-refractivity contribution in [3.8, 4) is 5.88 Å². The van der Waals surface area contributed by atoms with Crippen molar-refractivity contribution in [3.05, 3.63) is 11.8 Å². The summed E-state index contributed by atoms with van der Waals surface area (Å²) in [6, 6.07) is 1.93. The summed E-state index contributed by atoms with van der Waals surface area (Å²) in [5, 5.41) is 7.17. The Morgan fingerprint density at radius 3 is 2.92 bits per heavy atom. The predicted octanol–water partition coefficient (Wildman–Crippen LogP) is 0.327. The third kappa shape index (κ3) is 2.23. The SMILES string of the molecule is CNCCOc1cc(C)nn1C. The summed E-state index contributed by atoms with van der Waals surface area (Å²) in [7, 11) is 3.78. The lowest BCUT2D eigenvalue weighted by atomic mass is 10.5. The molecule has 4 nitrogen and oxygen atoms in total. The highest BCUT2D eigenvalue weighted by Crippen LogP contribution is 2.09. The number of nitrogens with one attached hydrogen (secondary N) is 1. The van der Waals surface area contributed by atoms with Gasteiger partial charge in [-0.25, -0.2) is 4.68 Å². The molecule has 0 fully saturated rings. The summed E-state index contributed by atoms with van der Waals surface area (Å²) in [6.45, 7) is 3.48. The molecule has 0 saturated carbocycles. The minimum atomic E-state index is 0.676. The summed E-state index contributed by atoms with van der Waals surface area (Å²) >= 11 is 0. The molecule has 0 aliphatic rings. The smallest absolute Gasteiger partial charge is 0.211 e. The van der Waals surface area contributed by atoms with Gasteiger partial charge >= 0.3 is 0 Å². The first-order valence-electron chi connectivity index (χ1n) is 4.02. The average molecular weight is 169 g/mol. The van der Waals surface area contributed by atoms with Crippen molar-refractivity contribution in [3.63, 3.8) is 0 Å². The molecule has 0 spiro atoms. The van der Waals surface area contributed by atoms with Gasteiger partial charge in [0.2, 0.25) is 5.88 Å². The van der Waals surface area contributed by atoms with Crippen LogP contribution < -0.4 is 10.1 Å². The van der Waals surface area contributed by atoms with Crippen molar-refractivity contribution >= 4 is 0 Å². The molecule has 1 rings (SSSR count). The van der Waals surface area contributed by atoms with Gasteiger partial charge in [0.05, 0.1) is 5.69 Å². The van der Waals surface area contributed by atoms with E-state index in [1.165, 1.54) is 0 Å². The third-order valence-electron chi connectivity index (χ3n) is 1.56. The number of aromatic nitrogens is 2. The van der Waals surface area contributed by atoms with E-state index in [0.717, 1.165) is 18.1 Å². The van der Waals surface area contributed by atoms with Crippen molar-refractivity contribution in [2.45, 2.75) is 6.92 Å². The van der Waals surface area contributed by atoms with Crippen molar-refractivity contribution in [2.75, 3.05) is 20.2 Å². The lowest BCUT2D eigenvalue weighted by Crippen LogP contribution is -2.16. The maximum atomic E-state index is 5.44. The first kappa shape index (κ1) is 9.06. The molecular weight excluding hydrogens is 154 g/mol. The highest BCUT2D eigenvalue weighted by Gasteiger charge is 2.00. The van der Waals surface area contributed by atoms with Gasteiger partial charge in [0.25, 0.3) is 0 Å². The Kier molecular flexibility index (Phi) is 3.10. The molecular formula is C8H15N3O. The highest BCUT2D eigenvalue weighted by atomic mass is 16.5. The van der Waals surface area contributed by atoms with Gasteiger partial charge in [-0.05, 0) is 14.0 Å². The topological polar surface area (TPSA) is 39.1 Å². The van der Waals surface area contributed by atoms with Crippen molar-refractivity contribution in [1.82, 2.24) is 15.1 Å². The average Bonchev–Trinajstić information content (AvgIpc) is 2.31. The molecule has 0 aliphatic carbocycles. The van der Waals surface area contributed by atoms with Gasteiger partial charge in [0, 0.05) is 19.7 Å². The largest absolute Gasteiger partial charge is 0.476 e. The van der Waals surface area contributed by atoms with Gasteiger partial charge in [-0.15, -0.1) is 0 Å². The lowest BCUT2D eigenvalue weighted by Gasteiger charge is -2.04. The Bertz CT molecular complexity index is 244. The lowest BCUT2D eigenvalue weighted by molar-refractivity contribution is 0.291. The zero-order valence-electron chi connectivity index (χ0n) is 7.79. The normalized spacial score (nSPS) is 10.2. The molecule has 1 aromatic rings. The van der Waals surface area contributed by atoms with Crippen LogP contribution in [0.5, 0.6) is 5.88 Å². The van der Waals surface area contributed by atoms with Crippen LogP contribution in [0.1, 0.15) is 5.69 Å². The predicted molar refractivity (Wildman–Crippen MR) is 47.4 cm³/mol. The zero-order valence-corrected chi connectivity index (χ0v) is 7.79. The Morgan fingerprint density at radius 1 is 1.67 bits per heavy atom. The second-order valence-electron chi connectivity index (χ2n) is 2.70. The van der Waals surface area contributed by atoms with Gasteiger partial charge < -0.3 is 10.1 Å². The summed E-state index contributed by atoms with van der Waals surface area (Å²) in [5.74, 6) is 0.822. The molecule has 4 heteroatoms. The summed E-state index contributed by atoms with van der Waals surface area (Å²) in [6.07, 6.45) is 0. The van der Waals surface area contributed by atoms with Crippen molar-refractivity contribution in [1.29, 1.82) is 0 Å². The molecule has 0 bridgehead atoms. The van der Waals surface area contributed by atoms with Crippen LogP contribution in [0.15, 0.2) is 6.07 Å². The third-order valence-corrected chi connectivity index (χ3v) is 1.56. The van der Waals surface area contributed by atoms with Crippen molar-refractivity contribution in [2.24, 2.45) is 7.05 Å². The molecule has 0 amide bonds. The number of rotatable bonds is 4. The maximum Gasteiger partial charge on any atom is 0.211 e. The molecule has 1 N–H and O–H groups in total. The number of nitrogens with zero attached hydrogens (tertiary/aromatic N) is 2. The van der Waals surface area contributed by atoms with Crippen LogP contribution in [0.25, 0.3) is 0 Å². The van der Waals surface area contributed by atoms with Gasteiger partial charge in [-0.3, -0.25) is 0 Å². The molecule has 0 aromatic carbocycles. The molecule has 0 radical (unpaired) electrons. The molecule has 0 saturated heterocycles. The van der Waals surface area contributed by atoms with E-state index in [1.54, 1.807) is 4.68 Å². The van der Waals surface area contributed by atoms with E-state index in [1.807, 2.05) is 27.1 Å².